The summed E-state index contributed by atoms with van der Waals surface area (Å²) in [5.74, 6) is 0. The Morgan fingerprint density at radius 1 is 0.389 bits per heavy atom. The van der Waals surface area contributed by atoms with E-state index in [1.54, 1.807) is 0 Å². The van der Waals surface area contributed by atoms with Gasteiger partial charge in [-0.3, -0.25) is 0 Å². The first-order valence-corrected chi connectivity index (χ1v) is 16.7. The molecule has 1 nitrogen and oxygen atoms in total. The SMILES string of the molecule is CCCCCCCC/C=C\CCCCCCCC(N)CCCCCCCCCCCCCCCC.Cl. The molecular formula is C34H70ClN. The molecule has 218 valence electrons. The van der Waals surface area contributed by atoms with Crippen LogP contribution in [0.1, 0.15) is 200 Å². The minimum atomic E-state index is 0. The Bertz CT molecular complexity index is 395. The second kappa shape index (κ2) is 35.0. The Balaban J connectivity index is 0. The summed E-state index contributed by atoms with van der Waals surface area (Å²) in [5.41, 5.74) is 6.37. The van der Waals surface area contributed by atoms with E-state index in [0.29, 0.717) is 6.04 Å². The van der Waals surface area contributed by atoms with Gasteiger partial charge in [0.15, 0.2) is 0 Å². The summed E-state index contributed by atoms with van der Waals surface area (Å²) in [5, 5.41) is 0. The van der Waals surface area contributed by atoms with Crippen molar-refractivity contribution >= 4 is 12.4 Å². The molecule has 0 saturated carbocycles. The highest BCUT2D eigenvalue weighted by molar-refractivity contribution is 5.85. The zero-order valence-corrected chi connectivity index (χ0v) is 26.0. The van der Waals surface area contributed by atoms with Gasteiger partial charge in [0.25, 0.3) is 0 Å². The van der Waals surface area contributed by atoms with Crippen molar-refractivity contribution in [2.24, 2.45) is 5.73 Å². The van der Waals surface area contributed by atoms with Crippen LogP contribution in [0.2, 0.25) is 0 Å². The minimum Gasteiger partial charge on any atom is -0.328 e. The van der Waals surface area contributed by atoms with Gasteiger partial charge in [-0.05, 0) is 38.5 Å². The quantitative estimate of drug-likeness (QED) is 0.0728. The maximum Gasteiger partial charge on any atom is 0.00388 e. The molecule has 1 unspecified atom stereocenters. The molecule has 0 aromatic carbocycles. The largest absolute Gasteiger partial charge is 0.328 e. The highest BCUT2D eigenvalue weighted by Crippen LogP contribution is 2.15. The van der Waals surface area contributed by atoms with Crippen molar-refractivity contribution in [2.45, 2.75) is 206 Å². The number of hydrogen-bond donors (Lipinski definition) is 1. The third-order valence-electron chi connectivity index (χ3n) is 7.77. The van der Waals surface area contributed by atoms with Crippen molar-refractivity contribution in [3.63, 3.8) is 0 Å². The van der Waals surface area contributed by atoms with Crippen molar-refractivity contribution in [1.29, 1.82) is 0 Å². The zero-order chi connectivity index (χ0) is 25.5. The fourth-order valence-electron chi connectivity index (χ4n) is 5.22. The number of unbranched alkanes of at least 4 members (excludes halogenated alkanes) is 24. The predicted octanol–water partition coefficient (Wildman–Crippen LogP) is 12.6. The van der Waals surface area contributed by atoms with Gasteiger partial charge in [-0.2, -0.15) is 0 Å². The molecule has 36 heavy (non-hydrogen) atoms. The Hall–Kier alpha value is -0.0100. The normalized spacial score (nSPS) is 12.3. The third kappa shape index (κ3) is 34.0. The Labute approximate surface area is 236 Å². The monoisotopic (exact) mass is 528 g/mol. The molecular weight excluding hydrogens is 458 g/mol. The molecule has 0 aromatic rings. The molecule has 1 atom stereocenters. The van der Waals surface area contributed by atoms with Crippen LogP contribution in [0.5, 0.6) is 0 Å². The van der Waals surface area contributed by atoms with Gasteiger partial charge in [-0.25, -0.2) is 0 Å². The molecule has 0 rings (SSSR count). The molecule has 2 N–H and O–H groups in total. The van der Waals surface area contributed by atoms with Gasteiger partial charge in [0.1, 0.15) is 0 Å². The van der Waals surface area contributed by atoms with Gasteiger partial charge < -0.3 is 5.73 Å². The molecule has 0 amide bonds. The average molecular weight is 528 g/mol. The van der Waals surface area contributed by atoms with E-state index in [2.05, 4.69) is 26.0 Å². The minimum absolute atomic E-state index is 0. The van der Waals surface area contributed by atoms with Crippen molar-refractivity contribution in [3.05, 3.63) is 12.2 Å². The molecule has 0 bridgehead atoms. The number of nitrogens with two attached hydrogens (primary N) is 1. The van der Waals surface area contributed by atoms with Crippen LogP contribution < -0.4 is 5.73 Å². The molecule has 0 aliphatic heterocycles. The van der Waals surface area contributed by atoms with Gasteiger partial charge in [0, 0.05) is 6.04 Å². The molecule has 0 fully saturated rings. The van der Waals surface area contributed by atoms with Crippen LogP contribution in [0.3, 0.4) is 0 Å². The average Bonchev–Trinajstić information content (AvgIpc) is 2.86. The molecule has 0 aromatic heterocycles. The summed E-state index contributed by atoms with van der Waals surface area (Å²) in [6.45, 7) is 4.59. The Morgan fingerprint density at radius 2 is 0.639 bits per heavy atom. The summed E-state index contributed by atoms with van der Waals surface area (Å²) in [6.07, 6.45) is 45.4. The number of halogens is 1. The van der Waals surface area contributed by atoms with Crippen molar-refractivity contribution in [2.75, 3.05) is 0 Å². The highest BCUT2D eigenvalue weighted by atomic mass is 35.5. The fourth-order valence-corrected chi connectivity index (χ4v) is 5.22. The summed E-state index contributed by atoms with van der Waals surface area (Å²) >= 11 is 0. The molecule has 0 spiro atoms. The van der Waals surface area contributed by atoms with E-state index >= 15 is 0 Å². The van der Waals surface area contributed by atoms with Crippen LogP contribution in [0.4, 0.5) is 0 Å². The molecule has 0 aliphatic rings. The van der Waals surface area contributed by atoms with Gasteiger partial charge in [-0.15, -0.1) is 12.4 Å². The van der Waals surface area contributed by atoms with E-state index in [4.69, 9.17) is 5.73 Å². The first-order valence-electron chi connectivity index (χ1n) is 16.7. The van der Waals surface area contributed by atoms with E-state index in [1.807, 2.05) is 0 Å². The second-order valence-corrected chi connectivity index (χ2v) is 11.5. The van der Waals surface area contributed by atoms with Crippen LogP contribution in [-0.4, -0.2) is 6.04 Å². The van der Waals surface area contributed by atoms with Crippen molar-refractivity contribution < 1.29 is 0 Å². The van der Waals surface area contributed by atoms with Crippen molar-refractivity contribution in [1.82, 2.24) is 0 Å². The van der Waals surface area contributed by atoms with E-state index in [1.165, 1.54) is 186 Å². The first kappa shape index (κ1) is 38.1. The molecule has 0 radical (unpaired) electrons. The highest BCUT2D eigenvalue weighted by Gasteiger charge is 2.02. The van der Waals surface area contributed by atoms with Gasteiger partial charge in [0.2, 0.25) is 0 Å². The van der Waals surface area contributed by atoms with Crippen LogP contribution in [0.25, 0.3) is 0 Å². The number of allylic oxidation sites excluding steroid dienone is 2. The van der Waals surface area contributed by atoms with Gasteiger partial charge >= 0.3 is 0 Å². The summed E-state index contributed by atoms with van der Waals surface area (Å²) in [7, 11) is 0. The van der Waals surface area contributed by atoms with Gasteiger partial charge in [-0.1, -0.05) is 174 Å². The molecule has 0 saturated heterocycles. The predicted molar refractivity (Wildman–Crippen MR) is 170 cm³/mol. The first-order chi connectivity index (χ1) is 17.3. The smallest absolute Gasteiger partial charge is 0.00388 e. The Morgan fingerprint density at radius 3 is 0.944 bits per heavy atom. The molecule has 0 heterocycles. The second-order valence-electron chi connectivity index (χ2n) is 11.5. The van der Waals surface area contributed by atoms with Crippen LogP contribution in [-0.2, 0) is 0 Å². The van der Waals surface area contributed by atoms with Crippen LogP contribution in [0, 0.1) is 0 Å². The van der Waals surface area contributed by atoms with E-state index in [0.717, 1.165) is 0 Å². The lowest BCUT2D eigenvalue weighted by atomic mass is 10.0. The van der Waals surface area contributed by atoms with E-state index in [9.17, 15) is 0 Å². The topological polar surface area (TPSA) is 26.0 Å². The molecule has 2 heteroatoms. The lowest BCUT2D eigenvalue weighted by Crippen LogP contribution is -2.19. The fraction of sp³-hybridized carbons (Fsp3) is 0.941. The van der Waals surface area contributed by atoms with E-state index in [-0.39, 0.29) is 12.4 Å². The summed E-state index contributed by atoms with van der Waals surface area (Å²) < 4.78 is 0. The summed E-state index contributed by atoms with van der Waals surface area (Å²) in [4.78, 5) is 0. The van der Waals surface area contributed by atoms with Crippen molar-refractivity contribution in [3.8, 4) is 0 Å². The molecule has 0 aliphatic carbocycles. The van der Waals surface area contributed by atoms with Crippen LogP contribution >= 0.6 is 12.4 Å². The Kier molecular flexibility index (Phi) is 37.1. The third-order valence-corrected chi connectivity index (χ3v) is 7.77. The zero-order valence-electron chi connectivity index (χ0n) is 25.2. The van der Waals surface area contributed by atoms with Crippen LogP contribution in [0.15, 0.2) is 12.2 Å². The maximum atomic E-state index is 6.37. The lowest BCUT2D eigenvalue weighted by molar-refractivity contribution is 0.481. The maximum absolute atomic E-state index is 6.37. The van der Waals surface area contributed by atoms with Gasteiger partial charge in [0.05, 0.1) is 0 Å². The number of hydrogen-bond acceptors (Lipinski definition) is 1. The van der Waals surface area contributed by atoms with E-state index < -0.39 is 0 Å². The standard InChI is InChI=1S/C34H69N.ClH/c1-3-5-7-9-11-13-15-17-19-21-23-25-27-29-31-33-34(35)32-30-28-26-24-22-20-18-16-14-12-10-8-6-4-2;/h17,19,34H,3-16,18,20-33,35H2,1-2H3;1H/b19-17-;. The lowest BCUT2D eigenvalue weighted by Gasteiger charge is -2.11. The number of rotatable bonds is 30. The summed E-state index contributed by atoms with van der Waals surface area (Å²) in [6, 6.07) is 0.456.